The first-order valence-electron chi connectivity index (χ1n) is 8.03. The molecule has 1 aromatic heterocycles. The molecule has 134 valence electrons. The van der Waals surface area contributed by atoms with Crippen LogP contribution in [0.4, 0.5) is 0 Å². The van der Waals surface area contributed by atoms with Crippen LogP contribution in [0.3, 0.4) is 0 Å². The third kappa shape index (κ3) is 4.60. The highest BCUT2D eigenvalue weighted by atomic mass is 32.2. The molecule has 1 saturated heterocycles. The Hall–Kier alpha value is -2.87. The summed E-state index contributed by atoms with van der Waals surface area (Å²) in [6.45, 7) is 0.387. The third-order valence-corrected chi connectivity index (χ3v) is 4.69. The summed E-state index contributed by atoms with van der Waals surface area (Å²) in [7, 11) is 0. The lowest BCUT2D eigenvalue weighted by molar-refractivity contribution is -0.140. The van der Waals surface area contributed by atoms with Crippen LogP contribution in [-0.2, 0) is 14.3 Å². The van der Waals surface area contributed by atoms with Crippen LogP contribution in [0.5, 0.6) is 0 Å². The van der Waals surface area contributed by atoms with Crippen molar-refractivity contribution in [2.45, 2.75) is 9.92 Å². The van der Waals surface area contributed by atoms with Gasteiger partial charge in [-0.1, -0.05) is 30.0 Å². The van der Waals surface area contributed by atoms with Crippen molar-refractivity contribution >= 4 is 29.5 Å². The third-order valence-electron chi connectivity index (χ3n) is 3.67. The second-order valence-corrected chi connectivity index (χ2v) is 6.57. The molecule has 26 heavy (non-hydrogen) atoms. The van der Waals surface area contributed by atoms with Crippen LogP contribution in [-0.4, -0.2) is 53.9 Å². The monoisotopic (exact) mass is 371 g/mol. The largest absolute Gasteiger partial charge is 0.452 e. The molecule has 7 nitrogen and oxygen atoms in total. The predicted molar refractivity (Wildman–Crippen MR) is 94.7 cm³/mol. The van der Waals surface area contributed by atoms with Gasteiger partial charge in [-0.3, -0.25) is 9.59 Å². The van der Waals surface area contributed by atoms with Gasteiger partial charge < -0.3 is 15.0 Å². The first kappa shape index (κ1) is 17.9. The van der Waals surface area contributed by atoms with E-state index in [1.54, 1.807) is 18.3 Å². The van der Waals surface area contributed by atoms with Crippen molar-refractivity contribution in [3.05, 3.63) is 54.2 Å². The van der Waals surface area contributed by atoms with Crippen LogP contribution in [0.1, 0.15) is 10.4 Å². The van der Waals surface area contributed by atoms with Crippen LogP contribution in [0.15, 0.2) is 58.6 Å². The number of amides is 2. The molecule has 0 bridgehead atoms. The first-order valence-corrected chi connectivity index (χ1v) is 8.84. The van der Waals surface area contributed by atoms with Crippen molar-refractivity contribution in [2.75, 3.05) is 26.2 Å². The zero-order valence-electron chi connectivity index (χ0n) is 13.9. The number of ether oxygens (including phenoxy) is 1. The number of carbonyl (C=O) groups excluding carboxylic acids is 3. The molecular formula is C18H17N3O4S. The lowest BCUT2D eigenvalue weighted by atomic mass is 10.3. The summed E-state index contributed by atoms with van der Waals surface area (Å²) in [5.74, 6) is -1.23. The number of rotatable bonds is 5. The van der Waals surface area contributed by atoms with Gasteiger partial charge in [-0.05, 0) is 24.3 Å². The highest BCUT2D eigenvalue weighted by Gasteiger charge is 2.23. The minimum atomic E-state index is -0.619. The first-order chi connectivity index (χ1) is 12.6. The minimum Gasteiger partial charge on any atom is -0.452 e. The molecule has 8 heteroatoms. The maximum absolute atomic E-state index is 12.4. The molecule has 2 amide bonds. The molecule has 0 aliphatic carbocycles. The summed E-state index contributed by atoms with van der Waals surface area (Å²) in [5.41, 5.74) is 0.297. The van der Waals surface area contributed by atoms with Crippen LogP contribution in [0, 0.1) is 0 Å². The number of aromatic nitrogens is 1. The molecule has 0 saturated carbocycles. The van der Waals surface area contributed by atoms with E-state index in [1.165, 1.54) is 16.7 Å². The van der Waals surface area contributed by atoms with Crippen molar-refractivity contribution in [1.29, 1.82) is 0 Å². The van der Waals surface area contributed by atoms with Gasteiger partial charge in [0.05, 0.1) is 12.1 Å². The number of carbonyl (C=O) groups is 3. The Kier molecular flexibility index (Phi) is 5.85. The van der Waals surface area contributed by atoms with E-state index in [4.69, 9.17) is 4.74 Å². The molecular weight excluding hydrogens is 354 g/mol. The normalized spacial score (nSPS) is 13.8. The van der Waals surface area contributed by atoms with Crippen molar-refractivity contribution in [2.24, 2.45) is 0 Å². The van der Waals surface area contributed by atoms with Crippen LogP contribution < -0.4 is 5.32 Å². The molecule has 1 aliphatic heterocycles. The summed E-state index contributed by atoms with van der Waals surface area (Å²) in [5, 5.41) is 3.14. The number of benzene rings is 1. The van der Waals surface area contributed by atoms with Crippen molar-refractivity contribution in [3.8, 4) is 0 Å². The fourth-order valence-corrected chi connectivity index (χ4v) is 3.27. The standard InChI is InChI=1S/C18H17N3O4S/c22-15-11-21(10-9-19-15)16(23)12-25-18(24)14-7-4-8-20-17(14)26-13-5-2-1-3-6-13/h1-8H,9-12H2,(H,19,22). The van der Waals surface area contributed by atoms with E-state index in [1.807, 2.05) is 30.3 Å². The average Bonchev–Trinajstić information content (AvgIpc) is 2.67. The molecule has 2 heterocycles. The van der Waals surface area contributed by atoms with Gasteiger partial charge in [0.1, 0.15) is 5.03 Å². The van der Waals surface area contributed by atoms with E-state index in [0.717, 1.165) is 4.90 Å². The highest BCUT2D eigenvalue weighted by molar-refractivity contribution is 7.99. The number of hydrogen-bond donors (Lipinski definition) is 1. The van der Waals surface area contributed by atoms with Gasteiger partial charge in [0.15, 0.2) is 6.61 Å². The number of esters is 1. The lowest BCUT2D eigenvalue weighted by Crippen LogP contribution is -2.51. The average molecular weight is 371 g/mol. The molecule has 0 atom stereocenters. The zero-order chi connectivity index (χ0) is 18.4. The van der Waals surface area contributed by atoms with Crippen LogP contribution >= 0.6 is 11.8 Å². The second-order valence-electron chi connectivity index (χ2n) is 5.51. The van der Waals surface area contributed by atoms with Gasteiger partial charge in [0, 0.05) is 24.2 Å². The fraction of sp³-hybridized carbons (Fsp3) is 0.222. The summed E-state index contributed by atoms with van der Waals surface area (Å²) in [4.78, 5) is 42.4. The quantitative estimate of drug-likeness (QED) is 0.798. The predicted octanol–water partition coefficient (Wildman–Crippen LogP) is 1.35. The molecule has 1 fully saturated rings. The van der Waals surface area contributed by atoms with Crippen LogP contribution in [0.25, 0.3) is 0 Å². The molecule has 1 aromatic carbocycles. The molecule has 0 spiro atoms. The Labute approximate surface area is 154 Å². The van der Waals surface area contributed by atoms with E-state index >= 15 is 0 Å². The number of pyridine rings is 1. The summed E-state index contributed by atoms with van der Waals surface area (Å²) in [6.07, 6.45) is 1.60. The molecule has 3 rings (SSSR count). The summed E-state index contributed by atoms with van der Waals surface area (Å²) >= 11 is 1.34. The van der Waals surface area contributed by atoms with Gasteiger partial charge in [0.2, 0.25) is 5.91 Å². The second kappa shape index (κ2) is 8.48. The number of nitrogens with one attached hydrogen (secondary N) is 1. The summed E-state index contributed by atoms with van der Waals surface area (Å²) < 4.78 is 5.14. The lowest BCUT2D eigenvalue weighted by Gasteiger charge is -2.26. The van der Waals surface area contributed by atoms with Crippen LogP contribution in [0.2, 0.25) is 0 Å². The van der Waals surface area contributed by atoms with Crippen molar-refractivity contribution in [1.82, 2.24) is 15.2 Å². The Morgan fingerprint density at radius 1 is 1.19 bits per heavy atom. The van der Waals surface area contributed by atoms with Gasteiger partial charge in [0.25, 0.3) is 5.91 Å². The Morgan fingerprint density at radius 3 is 2.77 bits per heavy atom. The van der Waals surface area contributed by atoms with E-state index in [9.17, 15) is 14.4 Å². The fourth-order valence-electron chi connectivity index (χ4n) is 2.38. The minimum absolute atomic E-state index is 0.0155. The van der Waals surface area contributed by atoms with Gasteiger partial charge in [-0.2, -0.15) is 0 Å². The molecule has 2 aromatic rings. The summed E-state index contributed by atoms with van der Waals surface area (Å²) in [6, 6.07) is 12.8. The smallest absolute Gasteiger partial charge is 0.341 e. The van der Waals surface area contributed by atoms with Crippen molar-refractivity contribution in [3.63, 3.8) is 0 Å². The topological polar surface area (TPSA) is 88.6 Å². The molecule has 1 aliphatic rings. The van der Waals surface area contributed by atoms with Gasteiger partial charge >= 0.3 is 5.97 Å². The maximum atomic E-state index is 12.4. The Bertz CT molecular complexity index is 813. The Balaban J connectivity index is 1.63. The number of nitrogens with zero attached hydrogens (tertiary/aromatic N) is 2. The number of piperazine rings is 1. The van der Waals surface area contributed by atoms with E-state index in [0.29, 0.717) is 23.7 Å². The van der Waals surface area contributed by atoms with E-state index in [2.05, 4.69) is 10.3 Å². The van der Waals surface area contributed by atoms with Gasteiger partial charge in [-0.25, -0.2) is 9.78 Å². The van der Waals surface area contributed by atoms with E-state index < -0.39 is 18.5 Å². The SMILES string of the molecule is O=C1CN(C(=O)COC(=O)c2cccnc2Sc2ccccc2)CCN1. The van der Waals surface area contributed by atoms with Gasteiger partial charge in [-0.15, -0.1) is 0 Å². The number of hydrogen-bond acceptors (Lipinski definition) is 6. The zero-order valence-corrected chi connectivity index (χ0v) is 14.7. The molecule has 1 N–H and O–H groups in total. The molecule has 0 radical (unpaired) electrons. The van der Waals surface area contributed by atoms with E-state index in [-0.39, 0.29) is 12.5 Å². The highest BCUT2D eigenvalue weighted by Crippen LogP contribution is 2.28. The maximum Gasteiger partial charge on any atom is 0.341 e. The van der Waals surface area contributed by atoms with Crippen molar-refractivity contribution < 1.29 is 19.1 Å². The molecule has 0 unspecified atom stereocenters. The Morgan fingerprint density at radius 2 is 2.00 bits per heavy atom.